The Hall–Kier alpha value is -0.0900. The maximum Gasteiger partial charge on any atom is 0.315 e. The van der Waals surface area contributed by atoms with Crippen LogP contribution >= 0.6 is 31.9 Å². The number of carbonyl (C=O) groups excluding carboxylic acids is 1. The van der Waals surface area contributed by atoms with Crippen LogP contribution in [0.1, 0.15) is 12.8 Å². The predicted molar refractivity (Wildman–Crippen MR) is 63.3 cm³/mol. The van der Waals surface area contributed by atoms with E-state index in [-0.39, 0.29) is 17.8 Å². The van der Waals surface area contributed by atoms with Gasteiger partial charge >= 0.3 is 5.97 Å². The van der Waals surface area contributed by atoms with Gasteiger partial charge in [-0.05, 0) is 56.5 Å². The zero-order chi connectivity index (χ0) is 10.6. The predicted octanol–water partition coefficient (Wildman–Crippen LogP) is 3.33. The summed E-state index contributed by atoms with van der Waals surface area (Å²) in [4.78, 5) is 11.8. The van der Waals surface area contributed by atoms with Gasteiger partial charge in [-0.1, -0.05) is 12.2 Å². The van der Waals surface area contributed by atoms with Gasteiger partial charge < -0.3 is 4.74 Å². The Morgan fingerprint density at radius 3 is 2.33 bits per heavy atom. The van der Waals surface area contributed by atoms with Crippen molar-refractivity contribution in [1.82, 2.24) is 0 Å². The van der Waals surface area contributed by atoms with Crippen molar-refractivity contribution in [1.29, 1.82) is 0 Å². The summed E-state index contributed by atoms with van der Waals surface area (Å²) in [6.45, 7) is 0. The second-order valence-corrected chi connectivity index (χ2v) is 7.04. The van der Waals surface area contributed by atoms with Crippen LogP contribution in [0.4, 0.5) is 0 Å². The van der Waals surface area contributed by atoms with Crippen molar-refractivity contribution in [3.8, 4) is 0 Å². The zero-order valence-electron chi connectivity index (χ0n) is 7.95. The van der Waals surface area contributed by atoms with Crippen LogP contribution in [0.25, 0.3) is 0 Å². The molecule has 15 heavy (non-hydrogen) atoms. The topological polar surface area (TPSA) is 26.3 Å². The van der Waals surface area contributed by atoms with Crippen molar-refractivity contribution >= 4 is 37.8 Å². The molecule has 1 saturated carbocycles. The van der Waals surface area contributed by atoms with Gasteiger partial charge in [0.05, 0.1) is 9.31 Å². The summed E-state index contributed by atoms with van der Waals surface area (Å²) in [6, 6.07) is 0. The van der Waals surface area contributed by atoms with Gasteiger partial charge in [0, 0.05) is 5.92 Å². The van der Waals surface area contributed by atoms with Gasteiger partial charge in [0.25, 0.3) is 0 Å². The molecule has 4 rings (SSSR count). The van der Waals surface area contributed by atoms with Gasteiger partial charge in [0.1, 0.15) is 5.76 Å². The first-order chi connectivity index (χ1) is 7.18. The van der Waals surface area contributed by atoms with Gasteiger partial charge in [-0.3, -0.25) is 4.79 Å². The van der Waals surface area contributed by atoms with E-state index in [0.717, 1.165) is 15.6 Å². The van der Waals surface area contributed by atoms with E-state index in [4.69, 9.17) is 4.74 Å². The number of ether oxygens (including phenoxy) is 1. The summed E-state index contributed by atoms with van der Waals surface area (Å²) < 4.78 is 6.15. The highest BCUT2D eigenvalue weighted by Gasteiger charge is 2.53. The molecule has 0 radical (unpaired) electrons. The minimum atomic E-state index is -0.0505. The molecule has 2 bridgehead atoms. The Morgan fingerprint density at radius 1 is 1.20 bits per heavy atom. The molecule has 2 fully saturated rings. The Labute approximate surface area is 105 Å². The molecule has 0 spiro atoms. The van der Waals surface area contributed by atoms with Crippen LogP contribution in [0.3, 0.4) is 0 Å². The van der Waals surface area contributed by atoms with Gasteiger partial charge in [-0.2, -0.15) is 0 Å². The van der Waals surface area contributed by atoms with Crippen molar-refractivity contribution < 1.29 is 9.53 Å². The van der Waals surface area contributed by atoms with E-state index in [1.54, 1.807) is 0 Å². The Balaban J connectivity index is 2.08. The fourth-order valence-corrected chi connectivity index (χ4v) is 3.77. The first-order valence-electron chi connectivity index (χ1n) is 5.13. The van der Waals surface area contributed by atoms with Crippen LogP contribution in [0.2, 0.25) is 0 Å². The smallest absolute Gasteiger partial charge is 0.315 e. The number of fused-ring (bicyclic) bond motifs is 1. The maximum atomic E-state index is 11.8. The minimum absolute atomic E-state index is 0.0505. The number of cyclic esters (lactones) is 1. The zero-order valence-corrected chi connectivity index (χ0v) is 11.1. The molecule has 80 valence electrons. The van der Waals surface area contributed by atoms with Gasteiger partial charge in [-0.15, -0.1) is 0 Å². The monoisotopic (exact) mass is 332 g/mol. The van der Waals surface area contributed by atoms with Crippen molar-refractivity contribution in [2.24, 2.45) is 23.7 Å². The standard InChI is InChI=1S/C11H10Br2O2/c12-10(13)9-7-5-1-3-6(4-2-5)8(7)11(14)15-9/h1,3,5-8H,2,4H2/t5-,6+,7+,8+/m0/s1. The highest BCUT2D eigenvalue weighted by atomic mass is 79.9. The lowest BCUT2D eigenvalue weighted by atomic mass is 9.63. The number of hydrogen-bond donors (Lipinski definition) is 0. The highest BCUT2D eigenvalue weighted by molar-refractivity contribution is 9.28. The molecular weight excluding hydrogens is 324 g/mol. The molecule has 0 aromatic heterocycles. The largest absolute Gasteiger partial charge is 0.429 e. The Morgan fingerprint density at radius 2 is 1.80 bits per heavy atom. The van der Waals surface area contributed by atoms with E-state index in [2.05, 4.69) is 44.0 Å². The first-order valence-corrected chi connectivity index (χ1v) is 6.72. The van der Waals surface area contributed by atoms with Crippen LogP contribution in [-0.4, -0.2) is 5.97 Å². The highest BCUT2D eigenvalue weighted by Crippen LogP contribution is 2.53. The molecule has 4 heteroatoms. The van der Waals surface area contributed by atoms with Gasteiger partial charge in [0.2, 0.25) is 0 Å². The quantitative estimate of drug-likeness (QED) is 0.502. The molecule has 0 N–H and O–H groups in total. The lowest BCUT2D eigenvalue weighted by Gasteiger charge is -2.38. The number of hydrogen-bond acceptors (Lipinski definition) is 2. The van der Waals surface area contributed by atoms with E-state index in [0.29, 0.717) is 11.8 Å². The molecule has 4 atom stereocenters. The first kappa shape index (κ1) is 10.1. The third-order valence-electron chi connectivity index (χ3n) is 3.72. The summed E-state index contributed by atoms with van der Waals surface area (Å²) in [5.74, 6) is 1.94. The van der Waals surface area contributed by atoms with Crippen LogP contribution in [-0.2, 0) is 9.53 Å². The molecule has 0 aromatic carbocycles. The van der Waals surface area contributed by atoms with Crippen LogP contribution < -0.4 is 0 Å². The Kier molecular flexibility index (Phi) is 2.32. The summed E-state index contributed by atoms with van der Waals surface area (Å²) in [7, 11) is 0. The molecule has 1 aliphatic heterocycles. The number of esters is 1. The fraction of sp³-hybridized carbons (Fsp3) is 0.545. The molecule has 0 unspecified atom stereocenters. The fourth-order valence-electron chi connectivity index (χ4n) is 3.08. The lowest BCUT2D eigenvalue weighted by molar-refractivity contribution is -0.141. The van der Waals surface area contributed by atoms with Gasteiger partial charge in [0.15, 0.2) is 0 Å². The van der Waals surface area contributed by atoms with Gasteiger partial charge in [-0.25, -0.2) is 0 Å². The molecule has 1 saturated heterocycles. The van der Waals surface area contributed by atoms with Crippen molar-refractivity contribution in [3.05, 3.63) is 21.3 Å². The summed E-state index contributed by atoms with van der Waals surface area (Å²) in [5.41, 5.74) is 0. The van der Waals surface area contributed by atoms with E-state index in [1.807, 2.05) is 0 Å². The summed E-state index contributed by atoms with van der Waals surface area (Å²) >= 11 is 6.71. The third-order valence-corrected chi connectivity index (χ3v) is 4.50. The average Bonchev–Trinajstić information content (AvgIpc) is 2.61. The third kappa shape index (κ3) is 1.37. The van der Waals surface area contributed by atoms with Crippen molar-refractivity contribution in [2.45, 2.75) is 12.8 Å². The molecular formula is C11H10Br2O2. The lowest BCUT2D eigenvalue weighted by Crippen LogP contribution is -2.36. The van der Waals surface area contributed by atoms with E-state index < -0.39 is 0 Å². The number of halogens is 2. The van der Waals surface area contributed by atoms with E-state index in [9.17, 15) is 4.79 Å². The van der Waals surface area contributed by atoms with Crippen LogP contribution in [0.15, 0.2) is 21.3 Å². The normalized spacial score (nSPS) is 41.7. The number of allylic oxidation sites excluding steroid dienone is 3. The van der Waals surface area contributed by atoms with E-state index >= 15 is 0 Å². The number of rotatable bonds is 0. The van der Waals surface area contributed by atoms with Crippen LogP contribution in [0, 0.1) is 23.7 Å². The second kappa shape index (κ2) is 3.45. The minimum Gasteiger partial charge on any atom is -0.429 e. The summed E-state index contributed by atoms with van der Waals surface area (Å²) in [6.07, 6.45) is 6.75. The second-order valence-electron chi connectivity index (χ2n) is 4.39. The maximum absolute atomic E-state index is 11.8. The number of carbonyl (C=O) groups is 1. The summed E-state index contributed by atoms with van der Waals surface area (Å²) in [5, 5.41) is 0. The van der Waals surface area contributed by atoms with E-state index in [1.165, 1.54) is 6.42 Å². The van der Waals surface area contributed by atoms with Crippen molar-refractivity contribution in [3.63, 3.8) is 0 Å². The molecule has 0 amide bonds. The average molecular weight is 334 g/mol. The molecule has 0 aromatic rings. The van der Waals surface area contributed by atoms with Crippen LogP contribution in [0.5, 0.6) is 0 Å². The SMILES string of the molecule is O=C1OC(=C(Br)Br)[C@H]2[C@H]1[C@@H]1C=C[C@H]2CC1. The Bertz CT molecular complexity index is 382. The molecule has 2 nitrogen and oxygen atoms in total. The molecule has 3 aliphatic carbocycles. The molecule has 4 aliphatic rings. The molecule has 1 heterocycles. The van der Waals surface area contributed by atoms with Crippen molar-refractivity contribution in [2.75, 3.05) is 0 Å².